The van der Waals surface area contributed by atoms with Crippen LogP contribution in [0.15, 0.2) is 91.2 Å². The van der Waals surface area contributed by atoms with Gasteiger partial charge in [-0.3, -0.25) is 14.4 Å². The number of halogens is 2. The van der Waals surface area contributed by atoms with Crippen LogP contribution in [0.2, 0.25) is 0 Å². The fraction of sp³-hybridized carbons (Fsp3) is 0.133. The van der Waals surface area contributed by atoms with Crippen molar-refractivity contribution in [3.8, 4) is 34.4 Å². The quantitative estimate of drug-likeness (QED) is 0.101. The number of aromatic nitrogens is 2. The number of Topliss-reactive ketones (excluding diaryl/α,β-unsaturated/α-hetero) is 1. The van der Waals surface area contributed by atoms with Crippen LogP contribution >= 0.6 is 23.2 Å². The number of fused-ring (bicyclic) bond motifs is 4. The van der Waals surface area contributed by atoms with Crippen LogP contribution in [0, 0.1) is 0 Å². The summed E-state index contributed by atoms with van der Waals surface area (Å²) in [5.74, 6) is 0.634. The van der Waals surface area contributed by atoms with Gasteiger partial charge in [0.15, 0.2) is 33.5 Å². The van der Waals surface area contributed by atoms with Crippen molar-refractivity contribution in [2.45, 2.75) is 19.8 Å². The van der Waals surface area contributed by atoms with E-state index in [9.17, 15) is 24.3 Å². The molecular weight excluding hydrogens is 610 g/mol. The van der Waals surface area contributed by atoms with E-state index < -0.39 is 5.97 Å². The summed E-state index contributed by atoms with van der Waals surface area (Å²) in [4.78, 5) is 53.7. The van der Waals surface area contributed by atoms with Crippen LogP contribution in [0.5, 0.6) is 11.5 Å². The van der Waals surface area contributed by atoms with Crippen molar-refractivity contribution in [2.75, 3.05) is 5.34 Å². The van der Waals surface area contributed by atoms with E-state index in [4.69, 9.17) is 36.8 Å². The number of aromatic hydroxyl groups is 1. The van der Waals surface area contributed by atoms with E-state index in [0.29, 0.717) is 50.9 Å². The van der Waals surface area contributed by atoms with Gasteiger partial charge in [-0.15, -0.1) is 23.2 Å². The Labute approximate surface area is 277 Å². The number of hydrogen-bond donors (Lipinski definition) is 1. The second-order valence-electron chi connectivity index (χ2n) is 8.75. The molecule has 10 nitrogen and oxygen atoms in total. The predicted octanol–water partition coefficient (Wildman–Crippen LogP) is 3.10. The van der Waals surface area contributed by atoms with Gasteiger partial charge in [0.1, 0.15) is 39.7 Å². The van der Waals surface area contributed by atoms with E-state index in [1.807, 2.05) is 0 Å². The number of benzene rings is 4. The second kappa shape index (κ2) is 15.6. The average Bonchev–Trinajstić information content (AvgIpc) is 2.94. The van der Waals surface area contributed by atoms with Crippen LogP contribution in [0.1, 0.15) is 21.2 Å². The number of esters is 1. The molecule has 6 rings (SSSR count). The summed E-state index contributed by atoms with van der Waals surface area (Å²) >= 11 is 9.53. The fourth-order valence-electron chi connectivity index (χ4n) is 3.70. The number of carbonyl (C=O) groups is 2. The molecule has 216 valence electrons. The summed E-state index contributed by atoms with van der Waals surface area (Å²) in [6.07, 6.45) is 0.176. The topological polar surface area (TPSA) is 150 Å². The van der Waals surface area contributed by atoms with E-state index in [-0.39, 0.29) is 71.6 Å². The number of hydrogen-bond acceptors (Lipinski definition) is 10. The first-order valence-corrected chi connectivity index (χ1v) is 13.4. The molecule has 0 fully saturated rings. The van der Waals surface area contributed by atoms with Crippen molar-refractivity contribution in [3.63, 3.8) is 0 Å². The molecule has 2 aliphatic carbocycles. The molecule has 0 spiro atoms. The van der Waals surface area contributed by atoms with Crippen LogP contribution in [0.3, 0.4) is 0 Å². The van der Waals surface area contributed by atoms with Crippen LogP contribution in [0.4, 0.5) is 0 Å². The van der Waals surface area contributed by atoms with E-state index in [0.717, 1.165) is 0 Å². The van der Waals surface area contributed by atoms with Gasteiger partial charge in [-0.2, -0.15) is 0 Å². The maximum atomic E-state index is 11.6. The molecule has 0 saturated carbocycles. The zero-order valence-electron chi connectivity index (χ0n) is 24.0. The Bertz CT molecular complexity index is 1950. The summed E-state index contributed by atoms with van der Waals surface area (Å²) in [5, 5.41) is 9.50. The van der Waals surface area contributed by atoms with Gasteiger partial charge in [-0.1, -0.05) is 0 Å². The summed E-state index contributed by atoms with van der Waals surface area (Å²) in [7, 11) is 0. The molecule has 0 bridgehead atoms. The first-order chi connectivity index (χ1) is 20.1. The molecule has 0 unspecified atom stereocenters. The Hall–Kier alpha value is -3.80. The maximum absolute atomic E-state index is 11.6. The zero-order valence-corrected chi connectivity index (χ0v) is 26.5. The Morgan fingerprint density at radius 3 is 1.84 bits per heavy atom. The molecule has 0 amide bonds. The van der Waals surface area contributed by atoms with Crippen molar-refractivity contribution < 1.29 is 59.3 Å². The summed E-state index contributed by atoms with van der Waals surface area (Å²) < 4.78 is 16.3. The van der Waals surface area contributed by atoms with Gasteiger partial charge >= 0.3 is 35.5 Å². The van der Waals surface area contributed by atoms with Gasteiger partial charge < -0.3 is 24.9 Å². The van der Waals surface area contributed by atoms with Crippen molar-refractivity contribution in [1.82, 2.24) is 9.97 Å². The maximum Gasteiger partial charge on any atom is 1.00 e. The van der Waals surface area contributed by atoms with Crippen LogP contribution in [0.25, 0.3) is 45.1 Å². The third-order valence-corrected chi connectivity index (χ3v) is 5.57. The van der Waals surface area contributed by atoms with Crippen molar-refractivity contribution in [3.05, 3.63) is 93.2 Å². The van der Waals surface area contributed by atoms with Gasteiger partial charge in [-0.05, 0) is 55.5 Å². The molecule has 0 saturated heterocycles. The molecule has 2 heterocycles. The molecule has 13 heteroatoms. The fourth-order valence-corrected chi connectivity index (χ4v) is 3.70. The molecule has 0 aromatic heterocycles. The van der Waals surface area contributed by atoms with Gasteiger partial charge in [0, 0.05) is 30.7 Å². The second-order valence-corrected chi connectivity index (χ2v) is 9.55. The molecular formula is C30H23Cl2N2NaO8. The van der Waals surface area contributed by atoms with E-state index in [1.165, 1.54) is 43.3 Å². The minimum absolute atomic E-state index is 0. The Kier molecular flexibility index (Phi) is 12.2. The van der Waals surface area contributed by atoms with Crippen molar-refractivity contribution >= 4 is 57.2 Å². The minimum atomic E-state index is -0.491. The molecule has 4 aliphatic rings. The van der Waals surface area contributed by atoms with Crippen LogP contribution in [-0.2, 0) is 9.59 Å². The Balaban J connectivity index is 0.000000282. The summed E-state index contributed by atoms with van der Waals surface area (Å²) in [6, 6.07) is 18.3. The molecule has 0 radical (unpaired) electrons. The van der Waals surface area contributed by atoms with Crippen molar-refractivity contribution in [2.24, 2.45) is 0 Å². The van der Waals surface area contributed by atoms with E-state index >= 15 is 0 Å². The predicted molar refractivity (Wildman–Crippen MR) is 159 cm³/mol. The molecule has 1 N–H and O–H groups in total. The first kappa shape index (κ1) is 33.7. The van der Waals surface area contributed by atoms with E-state index in [2.05, 4.69) is 9.97 Å². The molecule has 0 atom stereocenters. The molecule has 43 heavy (non-hydrogen) atoms. The molecule has 2 aromatic carbocycles. The van der Waals surface area contributed by atoms with Crippen molar-refractivity contribution in [1.29, 1.82) is 0 Å². The first-order valence-electron chi connectivity index (χ1n) is 12.4. The molecule has 2 aliphatic heterocycles. The van der Waals surface area contributed by atoms with Crippen LogP contribution in [-0.4, -0.2) is 32.2 Å². The number of alkyl halides is 2. The number of carbonyl (C=O) groups excluding carboxylic acids is 2. The minimum Gasteiger partial charge on any atom is -1.00 e. The normalized spacial score (nSPS) is 10.3. The number of ketones is 1. The zero-order chi connectivity index (χ0) is 30.2. The number of ether oxygens (including phenoxy) is 1. The Morgan fingerprint density at radius 2 is 1.30 bits per heavy atom. The molecule has 2 aromatic rings. The largest absolute Gasteiger partial charge is 1.00 e. The van der Waals surface area contributed by atoms with Gasteiger partial charge in [0.25, 0.3) is 0 Å². The van der Waals surface area contributed by atoms with E-state index in [1.54, 1.807) is 36.4 Å². The standard InChI is InChI=1S/C17H13NO5.C12H7NO3.CH2Cl2.Na.H/c1-10(19)2-7-17(21)22-12-4-6-14-16(9-12)23-15-8-11(20)3-5-13(15)18-14;14-7-1-3-9-11(5-7)16-12-6-8(15)2-4-10(12)13-9;2-1-3;;/h3-6,8-9H,2,7H2,1H3;1-6,14H;1H2;;/q;;;+1;-1. The number of rotatable bonds is 4. The Morgan fingerprint density at radius 1 is 0.791 bits per heavy atom. The van der Waals surface area contributed by atoms with Gasteiger partial charge in [-0.25, -0.2) is 9.97 Å². The SMILES string of the molecule is CC(=O)CCC(=O)Oc1ccc2nc3ccc(=O)cc-3oc2c1.ClCCl.O=c1ccc2nc3ccc(O)cc3oc-2c1.[H-].[Na+]. The summed E-state index contributed by atoms with van der Waals surface area (Å²) in [6.45, 7) is 1.42. The number of phenols is 1. The monoisotopic (exact) mass is 632 g/mol. The van der Waals surface area contributed by atoms with Gasteiger partial charge in [0.05, 0.1) is 11.8 Å². The third kappa shape index (κ3) is 9.34. The number of phenolic OH excluding ortho intramolecular Hbond substituents is 1. The van der Waals surface area contributed by atoms with Gasteiger partial charge in [0.2, 0.25) is 0 Å². The number of nitrogens with zero attached hydrogens (tertiary/aromatic N) is 2. The smallest absolute Gasteiger partial charge is 1.00 e. The summed E-state index contributed by atoms with van der Waals surface area (Å²) in [5.41, 5.74) is 2.98. The third-order valence-electron chi connectivity index (χ3n) is 5.57. The van der Waals surface area contributed by atoms with Crippen LogP contribution < -0.4 is 45.2 Å². The average molecular weight is 633 g/mol.